The number of ether oxygens (including phenoxy) is 1. The second-order valence-electron chi connectivity index (χ2n) is 8.86. The lowest BCUT2D eigenvalue weighted by Crippen LogP contribution is -2.48. The van der Waals surface area contributed by atoms with Crippen LogP contribution in [0.25, 0.3) is 0 Å². The maximum absolute atomic E-state index is 10.1. The predicted molar refractivity (Wildman–Crippen MR) is 120 cm³/mol. The Hall–Kier alpha value is -1.63. The van der Waals surface area contributed by atoms with Crippen LogP contribution in [-0.2, 0) is 5.60 Å². The lowest BCUT2D eigenvalue weighted by atomic mass is 9.84. The second kappa shape index (κ2) is 8.62. The van der Waals surface area contributed by atoms with Crippen LogP contribution < -0.4 is 15.0 Å². The van der Waals surface area contributed by atoms with Crippen LogP contribution in [0.1, 0.15) is 38.7 Å². The van der Waals surface area contributed by atoms with Crippen molar-refractivity contribution < 1.29 is 9.84 Å². The Morgan fingerprint density at radius 3 is 2.55 bits per heavy atom. The molecule has 1 aromatic heterocycles. The molecule has 2 N–H and O–H groups in total. The van der Waals surface area contributed by atoms with Gasteiger partial charge in [0, 0.05) is 13.1 Å². The summed E-state index contributed by atoms with van der Waals surface area (Å²) < 4.78 is 6.78. The van der Waals surface area contributed by atoms with Gasteiger partial charge in [-0.25, -0.2) is 4.98 Å². The zero-order valence-electron chi connectivity index (χ0n) is 17.2. The van der Waals surface area contributed by atoms with E-state index in [1.54, 1.807) is 20.0 Å². The predicted octanol–water partition coefficient (Wildman–Crippen LogP) is 4.69. The van der Waals surface area contributed by atoms with Crippen LogP contribution in [0.3, 0.4) is 0 Å². The van der Waals surface area contributed by atoms with E-state index in [9.17, 15) is 5.11 Å². The van der Waals surface area contributed by atoms with E-state index in [1.165, 1.54) is 32.4 Å². The summed E-state index contributed by atoms with van der Waals surface area (Å²) in [6, 6.07) is 9.64. The minimum absolute atomic E-state index is 0.706. The summed E-state index contributed by atoms with van der Waals surface area (Å²) in [5.41, 5.74) is -0.0465. The van der Waals surface area contributed by atoms with E-state index < -0.39 is 5.60 Å². The van der Waals surface area contributed by atoms with Crippen LogP contribution >= 0.6 is 15.9 Å². The van der Waals surface area contributed by atoms with Gasteiger partial charge < -0.3 is 20.1 Å². The van der Waals surface area contributed by atoms with Gasteiger partial charge >= 0.3 is 0 Å². The van der Waals surface area contributed by atoms with Gasteiger partial charge in [-0.15, -0.1) is 0 Å². The Morgan fingerprint density at radius 2 is 1.93 bits per heavy atom. The highest BCUT2D eigenvalue weighted by molar-refractivity contribution is 9.10. The number of pyridine rings is 1. The molecule has 0 unspecified atom stereocenters. The molecule has 0 saturated carbocycles. The molecule has 0 aliphatic carbocycles. The van der Waals surface area contributed by atoms with Crippen molar-refractivity contribution in [3.63, 3.8) is 0 Å². The van der Waals surface area contributed by atoms with Gasteiger partial charge in [0.25, 0.3) is 0 Å². The van der Waals surface area contributed by atoms with Crippen molar-refractivity contribution in [3.05, 3.63) is 46.6 Å². The Balaban J connectivity index is 1.31. The molecule has 4 rings (SSSR count). The molecule has 6 heteroatoms. The molecule has 5 nitrogen and oxygen atoms in total. The van der Waals surface area contributed by atoms with Crippen LogP contribution in [0, 0.1) is 11.8 Å². The summed E-state index contributed by atoms with van der Waals surface area (Å²) in [5, 5.41) is 13.6. The van der Waals surface area contributed by atoms with Crippen molar-refractivity contribution in [2.75, 3.05) is 31.1 Å². The first kappa shape index (κ1) is 20.6. The first-order valence-electron chi connectivity index (χ1n) is 10.5. The Labute approximate surface area is 181 Å². The molecule has 0 atom stereocenters. The summed E-state index contributed by atoms with van der Waals surface area (Å²) in [6.07, 6.45) is 5.79. The van der Waals surface area contributed by atoms with Crippen LogP contribution in [0.15, 0.2) is 41.0 Å². The number of rotatable bonds is 6. The van der Waals surface area contributed by atoms with Crippen molar-refractivity contribution in [3.8, 4) is 11.5 Å². The third kappa shape index (κ3) is 5.11. The molecule has 2 aromatic rings. The fourth-order valence-electron chi connectivity index (χ4n) is 4.21. The van der Waals surface area contributed by atoms with Gasteiger partial charge in [-0.2, -0.15) is 0 Å². The van der Waals surface area contributed by atoms with Crippen molar-refractivity contribution in [1.29, 1.82) is 0 Å². The number of benzene rings is 1. The Kier molecular flexibility index (Phi) is 6.13. The van der Waals surface area contributed by atoms with Gasteiger partial charge in [0.15, 0.2) is 0 Å². The summed E-state index contributed by atoms with van der Waals surface area (Å²) in [7, 11) is 0. The normalized spacial score (nSPS) is 18.6. The SMILES string of the molecule is CC(C)(O)c1ccc(Oc2ccc(N3CC(CC4CCNCC4)C3)nc2)c(Br)c1. The van der Waals surface area contributed by atoms with Crippen LogP contribution in [0.4, 0.5) is 5.82 Å². The van der Waals surface area contributed by atoms with Crippen LogP contribution in [0.5, 0.6) is 11.5 Å². The summed E-state index contributed by atoms with van der Waals surface area (Å²) in [5.74, 6) is 4.14. The zero-order valence-corrected chi connectivity index (χ0v) is 18.8. The first-order valence-corrected chi connectivity index (χ1v) is 11.3. The summed E-state index contributed by atoms with van der Waals surface area (Å²) >= 11 is 3.53. The molecule has 2 saturated heterocycles. The number of piperidine rings is 1. The molecule has 2 aliphatic rings. The number of hydrogen-bond acceptors (Lipinski definition) is 5. The van der Waals surface area contributed by atoms with Gasteiger partial charge in [0.2, 0.25) is 0 Å². The highest BCUT2D eigenvalue weighted by atomic mass is 79.9. The van der Waals surface area contributed by atoms with E-state index >= 15 is 0 Å². The number of aromatic nitrogens is 1. The molecule has 0 amide bonds. The largest absolute Gasteiger partial charge is 0.455 e. The van der Waals surface area contributed by atoms with Crippen molar-refractivity contribution in [1.82, 2.24) is 10.3 Å². The van der Waals surface area contributed by atoms with Crippen molar-refractivity contribution >= 4 is 21.7 Å². The molecule has 3 heterocycles. The average Bonchev–Trinajstić information content (AvgIpc) is 2.67. The van der Waals surface area contributed by atoms with Gasteiger partial charge in [0.05, 0.1) is 16.3 Å². The van der Waals surface area contributed by atoms with Gasteiger partial charge in [-0.3, -0.25) is 0 Å². The monoisotopic (exact) mass is 459 g/mol. The van der Waals surface area contributed by atoms with Gasteiger partial charge in [0.1, 0.15) is 17.3 Å². The lowest BCUT2D eigenvalue weighted by Gasteiger charge is -2.42. The maximum atomic E-state index is 10.1. The molecule has 0 bridgehead atoms. The third-order valence-corrected chi connectivity index (χ3v) is 6.61. The zero-order chi connectivity index (χ0) is 20.4. The molecular weight excluding hydrogens is 430 g/mol. The maximum Gasteiger partial charge on any atom is 0.145 e. The Morgan fingerprint density at radius 1 is 1.17 bits per heavy atom. The van der Waals surface area contributed by atoms with Crippen LogP contribution in [-0.4, -0.2) is 36.3 Å². The van der Waals surface area contributed by atoms with Crippen LogP contribution in [0.2, 0.25) is 0 Å². The molecular formula is C23H30BrN3O2. The number of hydrogen-bond donors (Lipinski definition) is 2. The number of halogens is 1. The molecule has 2 fully saturated rings. The fourth-order valence-corrected chi connectivity index (χ4v) is 4.67. The minimum atomic E-state index is -0.882. The van der Waals surface area contributed by atoms with E-state index in [2.05, 4.69) is 31.1 Å². The van der Waals surface area contributed by atoms with E-state index in [0.717, 1.165) is 40.8 Å². The molecule has 2 aliphatic heterocycles. The molecule has 0 radical (unpaired) electrons. The Bertz CT molecular complexity index is 823. The second-order valence-corrected chi connectivity index (χ2v) is 9.71. The van der Waals surface area contributed by atoms with Crippen molar-refractivity contribution in [2.24, 2.45) is 11.8 Å². The van der Waals surface area contributed by atoms with E-state index in [-0.39, 0.29) is 0 Å². The van der Waals surface area contributed by atoms with Gasteiger partial charge in [-0.1, -0.05) is 6.07 Å². The highest BCUT2D eigenvalue weighted by Crippen LogP contribution is 2.34. The van der Waals surface area contributed by atoms with Gasteiger partial charge in [-0.05, 0) is 104 Å². The van der Waals surface area contributed by atoms with E-state index in [1.807, 2.05) is 30.3 Å². The minimum Gasteiger partial charge on any atom is -0.455 e. The molecule has 156 valence electrons. The van der Waals surface area contributed by atoms with Crippen molar-refractivity contribution in [2.45, 2.75) is 38.7 Å². The number of aliphatic hydroxyl groups is 1. The molecule has 29 heavy (non-hydrogen) atoms. The number of nitrogens with zero attached hydrogens (tertiary/aromatic N) is 2. The standard InChI is InChI=1S/C23H30BrN3O2/c1-23(2,28)18-3-5-21(20(24)12-18)29-19-4-6-22(26-13-19)27-14-17(15-27)11-16-7-9-25-10-8-16/h3-6,12-13,16-17,25,28H,7-11,14-15H2,1-2H3. The lowest BCUT2D eigenvalue weighted by molar-refractivity contribution is 0.0785. The highest BCUT2D eigenvalue weighted by Gasteiger charge is 2.30. The number of nitrogens with one attached hydrogen (secondary N) is 1. The first-order chi connectivity index (χ1) is 13.9. The average molecular weight is 460 g/mol. The summed E-state index contributed by atoms with van der Waals surface area (Å²) in [6.45, 7) is 8.12. The number of anilines is 1. The fraction of sp³-hybridized carbons (Fsp3) is 0.522. The topological polar surface area (TPSA) is 57.6 Å². The smallest absolute Gasteiger partial charge is 0.145 e. The molecule has 1 aromatic carbocycles. The summed E-state index contributed by atoms with van der Waals surface area (Å²) in [4.78, 5) is 6.95. The third-order valence-electron chi connectivity index (χ3n) is 5.99. The molecule has 0 spiro atoms. The van der Waals surface area contributed by atoms with E-state index in [4.69, 9.17) is 4.74 Å². The quantitative estimate of drug-likeness (QED) is 0.655. The van der Waals surface area contributed by atoms with E-state index in [0.29, 0.717) is 11.5 Å².